The fourth-order valence-corrected chi connectivity index (χ4v) is 0.813. The number of carbonyl (C=O) groups is 1. The molecule has 6 nitrogen and oxygen atoms in total. The number of aliphatic hydroxyl groups is 4. The van der Waals surface area contributed by atoms with Gasteiger partial charge in [-0.25, -0.2) is 0 Å². The Morgan fingerprint density at radius 3 is 2.31 bits per heavy atom. The lowest BCUT2D eigenvalue weighted by Gasteiger charge is -2.25. The molecule has 0 saturated carbocycles. The largest absolute Gasteiger partial charge is 0.481 e. The van der Waals surface area contributed by atoms with Gasteiger partial charge in [0.15, 0.2) is 5.79 Å². The van der Waals surface area contributed by atoms with E-state index in [1.165, 1.54) is 0 Å². The molecule has 0 aromatic heterocycles. The van der Waals surface area contributed by atoms with Crippen LogP contribution in [0.4, 0.5) is 0 Å². The summed E-state index contributed by atoms with van der Waals surface area (Å²) in [4.78, 5) is 10.0. The van der Waals surface area contributed by atoms with Crippen LogP contribution in [0.15, 0.2) is 0 Å². The molecule has 0 radical (unpaired) electrons. The molecule has 78 valence electrons. The molecule has 0 aromatic carbocycles. The van der Waals surface area contributed by atoms with Gasteiger partial charge in [0.1, 0.15) is 6.10 Å². The Hall–Kier alpha value is -0.690. The Morgan fingerprint density at radius 2 is 1.92 bits per heavy atom. The Kier molecular flexibility index (Phi) is 4.86. The normalized spacial score (nSPS) is 14.2. The predicted octanol–water partition coefficient (Wildman–Crippen LogP) is -1.72. The van der Waals surface area contributed by atoms with Crippen LogP contribution in [-0.4, -0.2) is 50.0 Å². The van der Waals surface area contributed by atoms with Crippen molar-refractivity contribution in [1.82, 2.24) is 0 Å². The molecular weight excluding hydrogens is 180 g/mol. The molecule has 1 unspecified atom stereocenters. The number of aliphatic hydroxyl groups excluding tert-OH is 2. The molecule has 0 amide bonds. The maximum atomic E-state index is 10.0. The maximum absolute atomic E-state index is 10.0. The molecule has 0 heterocycles. The Morgan fingerprint density at radius 1 is 1.38 bits per heavy atom. The van der Waals surface area contributed by atoms with Crippen LogP contribution < -0.4 is 0 Å². The zero-order valence-corrected chi connectivity index (χ0v) is 7.05. The van der Waals surface area contributed by atoms with Crippen LogP contribution in [0.1, 0.15) is 19.3 Å². The van der Waals surface area contributed by atoms with Gasteiger partial charge < -0.3 is 25.5 Å². The van der Waals surface area contributed by atoms with Crippen LogP contribution in [0, 0.1) is 0 Å². The molecule has 0 saturated heterocycles. The number of rotatable bonds is 6. The summed E-state index contributed by atoms with van der Waals surface area (Å²) >= 11 is 0. The first-order chi connectivity index (χ1) is 5.90. The Bertz CT molecular complexity index is 166. The van der Waals surface area contributed by atoms with Crippen LogP contribution in [0.25, 0.3) is 0 Å². The van der Waals surface area contributed by atoms with Gasteiger partial charge in [-0.3, -0.25) is 4.79 Å². The number of carboxylic acid groups (broad SMARTS) is 1. The zero-order valence-electron chi connectivity index (χ0n) is 7.05. The minimum Gasteiger partial charge on any atom is -0.481 e. The molecule has 0 aliphatic heterocycles. The molecule has 13 heavy (non-hydrogen) atoms. The molecule has 6 heteroatoms. The van der Waals surface area contributed by atoms with E-state index in [9.17, 15) is 4.79 Å². The summed E-state index contributed by atoms with van der Waals surface area (Å²) in [5.41, 5.74) is 0. The lowest BCUT2D eigenvalue weighted by molar-refractivity contribution is -0.236. The topological polar surface area (TPSA) is 118 Å². The molecule has 0 rings (SSSR count). The van der Waals surface area contributed by atoms with Crippen LogP contribution in [0.5, 0.6) is 0 Å². The van der Waals surface area contributed by atoms with E-state index in [-0.39, 0.29) is 19.3 Å². The number of carboxylic acids is 1. The number of hydrogen-bond donors (Lipinski definition) is 5. The third kappa shape index (κ3) is 4.79. The number of hydrogen-bond acceptors (Lipinski definition) is 5. The van der Waals surface area contributed by atoms with E-state index in [0.717, 1.165) is 0 Å². The van der Waals surface area contributed by atoms with Crippen LogP contribution in [0.2, 0.25) is 0 Å². The van der Waals surface area contributed by atoms with Gasteiger partial charge in [0.25, 0.3) is 0 Å². The first-order valence-corrected chi connectivity index (χ1v) is 3.85. The summed E-state index contributed by atoms with van der Waals surface area (Å²) in [6.45, 7) is -0.778. The average molecular weight is 194 g/mol. The van der Waals surface area contributed by atoms with Crippen LogP contribution in [0.3, 0.4) is 0 Å². The highest BCUT2D eigenvalue weighted by molar-refractivity contribution is 5.66. The smallest absolute Gasteiger partial charge is 0.303 e. The lowest BCUT2D eigenvalue weighted by atomic mass is 10.0. The molecule has 5 N–H and O–H groups in total. The van der Waals surface area contributed by atoms with E-state index in [4.69, 9.17) is 25.5 Å². The molecule has 0 fully saturated rings. The van der Waals surface area contributed by atoms with E-state index < -0.39 is 24.5 Å². The van der Waals surface area contributed by atoms with Crippen molar-refractivity contribution in [3.63, 3.8) is 0 Å². The van der Waals surface area contributed by atoms with Crippen molar-refractivity contribution >= 4 is 5.97 Å². The summed E-state index contributed by atoms with van der Waals surface area (Å²) in [5.74, 6) is -3.46. The van der Waals surface area contributed by atoms with Gasteiger partial charge in [-0.05, 0) is 6.42 Å². The fourth-order valence-electron chi connectivity index (χ4n) is 0.813. The fraction of sp³-hybridized carbons (Fsp3) is 0.857. The Balaban J connectivity index is 3.81. The second kappa shape index (κ2) is 5.13. The molecule has 0 bridgehead atoms. The van der Waals surface area contributed by atoms with E-state index in [1.807, 2.05) is 0 Å². The highest BCUT2D eigenvalue weighted by Crippen LogP contribution is 2.15. The van der Waals surface area contributed by atoms with Crippen molar-refractivity contribution in [2.45, 2.75) is 31.2 Å². The SMILES string of the molecule is O=C(O)CCCC(O)(O)C(O)CO. The van der Waals surface area contributed by atoms with Gasteiger partial charge in [-0.15, -0.1) is 0 Å². The van der Waals surface area contributed by atoms with Gasteiger partial charge in [0, 0.05) is 12.8 Å². The summed E-state index contributed by atoms with van der Waals surface area (Å²) in [6, 6.07) is 0. The second-order valence-corrected chi connectivity index (χ2v) is 2.82. The molecule has 1 atom stereocenters. The molecule has 0 aromatic rings. The van der Waals surface area contributed by atoms with Gasteiger partial charge in [-0.2, -0.15) is 0 Å². The summed E-state index contributed by atoms with van der Waals surface area (Å²) in [7, 11) is 0. The predicted molar refractivity (Wildman–Crippen MR) is 41.7 cm³/mol. The first-order valence-electron chi connectivity index (χ1n) is 3.85. The van der Waals surface area contributed by atoms with Crippen LogP contribution in [-0.2, 0) is 4.79 Å². The summed E-state index contributed by atoms with van der Waals surface area (Å²) in [5, 5.41) is 43.6. The monoisotopic (exact) mass is 194 g/mol. The van der Waals surface area contributed by atoms with Gasteiger partial charge in [-0.1, -0.05) is 0 Å². The zero-order chi connectivity index (χ0) is 10.5. The first kappa shape index (κ1) is 12.3. The third-order valence-corrected chi connectivity index (χ3v) is 1.64. The second-order valence-electron chi connectivity index (χ2n) is 2.82. The third-order valence-electron chi connectivity index (χ3n) is 1.64. The molecular formula is C7H14O6. The highest BCUT2D eigenvalue weighted by atomic mass is 16.5. The van der Waals surface area contributed by atoms with E-state index in [1.54, 1.807) is 0 Å². The lowest BCUT2D eigenvalue weighted by Crippen LogP contribution is -2.44. The van der Waals surface area contributed by atoms with Gasteiger partial charge in [0.2, 0.25) is 0 Å². The quantitative estimate of drug-likeness (QED) is 0.321. The number of aliphatic carboxylic acids is 1. The van der Waals surface area contributed by atoms with Crippen molar-refractivity contribution < 1.29 is 30.3 Å². The van der Waals surface area contributed by atoms with Gasteiger partial charge in [0.05, 0.1) is 6.61 Å². The Labute approximate surface area is 75.1 Å². The van der Waals surface area contributed by atoms with E-state index in [2.05, 4.69) is 0 Å². The van der Waals surface area contributed by atoms with Crippen molar-refractivity contribution in [1.29, 1.82) is 0 Å². The maximum Gasteiger partial charge on any atom is 0.303 e. The molecule has 0 spiro atoms. The molecule has 0 aliphatic rings. The van der Waals surface area contributed by atoms with Crippen molar-refractivity contribution in [3.05, 3.63) is 0 Å². The van der Waals surface area contributed by atoms with Gasteiger partial charge >= 0.3 is 5.97 Å². The summed E-state index contributed by atoms with van der Waals surface area (Å²) < 4.78 is 0. The van der Waals surface area contributed by atoms with Crippen molar-refractivity contribution in [3.8, 4) is 0 Å². The standard InChI is InChI=1S/C7H14O6/c8-4-5(9)7(12,13)3-1-2-6(10)11/h5,8-9,12-13H,1-4H2,(H,10,11). The van der Waals surface area contributed by atoms with Crippen LogP contribution >= 0.6 is 0 Å². The minimum atomic E-state index is -2.41. The minimum absolute atomic E-state index is 0.0272. The average Bonchev–Trinajstić information content (AvgIpc) is 2.01. The summed E-state index contributed by atoms with van der Waals surface area (Å²) in [6.07, 6.45) is -2.14. The highest BCUT2D eigenvalue weighted by Gasteiger charge is 2.31. The van der Waals surface area contributed by atoms with Crippen molar-refractivity contribution in [2.24, 2.45) is 0 Å². The van der Waals surface area contributed by atoms with E-state index in [0.29, 0.717) is 0 Å². The van der Waals surface area contributed by atoms with Crippen molar-refractivity contribution in [2.75, 3.05) is 6.61 Å². The van der Waals surface area contributed by atoms with E-state index >= 15 is 0 Å². The molecule has 0 aliphatic carbocycles.